The van der Waals surface area contributed by atoms with Crippen LogP contribution in [0.15, 0.2) is 24.3 Å². The minimum absolute atomic E-state index is 0.188. The molecule has 0 heterocycles. The van der Waals surface area contributed by atoms with Crippen LogP contribution in [0.4, 0.5) is 0 Å². The van der Waals surface area contributed by atoms with Crippen molar-refractivity contribution in [3.8, 4) is 0 Å². The molecule has 0 aromatic heterocycles. The Balaban J connectivity index is 2.00. The normalized spacial score (nSPS) is 17.1. The van der Waals surface area contributed by atoms with E-state index in [1.807, 2.05) is 0 Å². The molecule has 0 unspecified atom stereocenters. The van der Waals surface area contributed by atoms with Crippen molar-refractivity contribution in [1.29, 1.82) is 0 Å². The Morgan fingerprint density at radius 3 is 2.17 bits per heavy atom. The predicted octanol–water partition coefficient (Wildman–Crippen LogP) is 4.29. The molecule has 1 aromatic carbocycles. The van der Waals surface area contributed by atoms with Gasteiger partial charge < -0.3 is 0 Å². The number of carbonyl (C=O) groups is 1. The average molecular weight is 244 g/mol. The Labute approximate surface area is 111 Å². The summed E-state index contributed by atoms with van der Waals surface area (Å²) in [5, 5.41) is 0. The summed E-state index contributed by atoms with van der Waals surface area (Å²) in [5.74, 6) is 0.781. The molecule has 0 bridgehead atoms. The van der Waals surface area contributed by atoms with Crippen molar-refractivity contribution in [2.24, 2.45) is 5.92 Å². The molecule has 1 heteroatoms. The summed E-state index contributed by atoms with van der Waals surface area (Å²) in [6, 6.07) is 8.56. The molecule has 98 valence electrons. The van der Waals surface area contributed by atoms with Gasteiger partial charge in [0.25, 0.3) is 0 Å². The van der Waals surface area contributed by atoms with Gasteiger partial charge in [-0.25, -0.2) is 0 Å². The number of Topliss-reactive ketones (excluding diaryl/α,β-unsaturated/α-hetero) is 1. The van der Waals surface area contributed by atoms with E-state index in [9.17, 15) is 4.79 Å². The minimum Gasteiger partial charge on any atom is -0.299 e. The molecule has 1 aliphatic rings. The lowest BCUT2D eigenvalue weighted by Gasteiger charge is -2.19. The molecular weight excluding hydrogens is 220 g/mol. The van der Waals surface area contributed by atoms with Crippen LogP contribution in [0.1, 0.15) is 57.6 Å². The number of benzene rings is 1. The monoisotopic (exact) mass is 244 g/mol. The summed E-state index contributed by atoms with van der Waals surface area (Å²) < 4.78 is 0. The van der Waals surface area contributed by atoms with Gasteiger partial charge in [-0.15, -0.1) is 0 Å². The van der Waals surface area contributed by atoms with Gasteiger partial charge in [0, 0.05) is 12.3 Å². The number of ketones is 1. The van der Waals surface area contributed by atoms with Gasteiger partial charge in [-0.1, -0.05) is 57.9 Å². The molecule has 18 heavy (non-hydrogen) atoms. The molecule has 0 spiro atoms. The molecule has 0 amide bonds. The first-order chi connectivity index (χ1) is 8.47. The number of rotatable bonds is 3. The maximum absolute atomic E-state index is 12.1. The fraction of sp³-hybridized carbons (Fsp3) is 0.588. The van der Waals surface area contributed by atoms with Gasteiger partial charge in [-0.3, -0.25) is 4.79 Å². The molecular formula is C17H24O. The average Bonchev–Trinajstić information content (AvgIpc) is 2.82. The Hall–Kier alpha value is -1.11. The maximum Gasteiger partial charge on any atom is 0.140 e. The number of hydrogen-bond acceptors (Lipinski definition) is 1. The highest BCUT2D eigenvalue weighted by molar-refractivity contribution is 5.83. The van der Waals surface area contributed by atoms with Crippen LogP contribution in [0.3, 0.4) is 0 Å². The van der Waals surface area contributed by atoms with Crippen molar-refractivity contribution in [1.82, 2.24) is 0 Å². The second-order valence-corrected chi connectivity index (χ2v) is 6.57. The first kappa shape index (κ1) is 13.3. The molecule has 1 nitrogen and oxygen atoms in total. The Morgan fingerprint density at radius 2 is 1.67 bits per heavy atom. The van der Waals surface area contributed by atoms with Crippen LogP contribution in [-0.4, -0.2) is 5.78 Å². The summed E-state index contributed by atoms with van der Waals surface area (Å²) in [4.78, 5) is 12.1. The van der Waals surface area contributed by atoms with Crippen LogP contribution in [0.2, 0.25) is 0 Å². The summed E-state index contributed by atoms with van der Waals surface area (Å²) in [5.41, 5.74) is 2.69. The SMILES string of the molecule is CC(C)(C)c1ccc(CC(=O)C2CCCC2)cc1. The Morgan fingerprint density at radius 1 is 1.11 bits per heavy atom. The summed E-state index contributed by atoms with van der Waals surface area (Å²) >= 11 is 0. The number of hydrogen-bond donors (Lipinski definition) is 0. The van der Waals surface area contributed by atoms with Crippen LogP contribution >= 0.6 is 0 Å². The van der Waals surface area contributed by atoms with Crippen LogP contribution in [0.25, 0.3) is 0 Å². The van der Waals surface area contributed by atoms with Crippen molar-refractivity contribution in [2.75, 3.05) is 0 Å². The van der Waals surface area contributed by atoms with Crippen molar-refractivity contribution in [3.63, 3.8) is 0 Å². The molecule has 0 aliphatic heterocycles. The topological polar surface area (TPSA) is 17.1 Å². The van der Waals surface area contributed by atoms with E-state index in [1.54, 1.807) is 0 Å². The third-order valence-corrected chi connectivity index (χ3v) is 4.01. The van der Waals surface area contributed by atoms with Gasteiger partial charge in [0.15, 0.2) is 0 Å². The standard InChI is InChI=1S/C17H24O/c1-17(2,3)15-10-8-13(9-11-15)12-16(18)14-6-4-5-7-14/h8-11,14H,4-7,12H2,1-3H3. The lowest BCUT2D eigenvalue weighted by atomic mass is 9.86. The molecule has 1 aliphatic carbocycles. The van der Waals surface area contributed by atoms with E-state index in [0.29, 0.717) is 18.1 Å². The van der Waals surface area contributed by atoms with Crippen molar-refractivity contribution < 1.29 is 4.79 Å². The van der Waals surface area contributed by atoms with Gasteiger partial charge in [0.05, 0.1) is 0 Å². The molecule has 0 saturated heterocycles. The summed E-state index contributed by atoms with van der Waals surface area (Å²) in [7, 11) is 0. The smallest absolute Gasteiger partial charge is 0.140 e. The molecule has 1 fully saturated rings. The first-order valence-corrected chi connectivity index (χ1v) is 7.09. The molecule has 0 radical (unpaired) electrons. The zero-order valence-corrected chi connectivity index (χ0v) is 11.8. The Kier molecular flexibility index (Phi) is 3.89. The highest BCUT2D eigenvalue weighted by Crippen LogP contribution is 2.27. The predicted molar refractivity (Wildman–Crippen MR) is 75.8 cm³/mol. The second-order valence-electron chi connectivity index (χ2n) is 6.57. The number of carbonyl (C=O) groups excluding carboxylic acids is 1. The van der Waals surface area contributed by atoms with Crippen LogP contribution < -0.4 is 0 Å². The van der Waals surface area contributed by atoms with Gasteiger partial charge in [0.1, 0.15) is 5.78 Å². The molecule has 1 aromatic rings. The summed E-state index contributed by atoms with van der Waals surface area (Å²) in [6.07, 6.45) is 5.31. The first-order valence-electron chi connectivity index (χ1n) is 7.09. The highest BCUT2D eigenvalue weighted by atomic mass is 16.1. The molecule has 0 N–H and O–H groups in total. The lowest BCUT2D eigenvalue weighted by molar-refractivity contribution is -0.122. The maximum atomic E-state index is 12.1. The van der Waals surface area contributed by atoms with E-state index in [2.05, 4.69) is 45.0 Å². The van der Waals surface area contributed by atoms with Crippen LogP contribution in [-0.2, 0) is 16.6 Å². The van der Waals surface area contributed by atoms with Crippen molar-refractivity contribution >= 4 is 5.78 Å². The zero-order chi connectivity index (χ0) is 13.2. The summed E-state index contributed by atoms with van der Waals surface area (Å²) in [6.45, 7) is 6.64. The molecule has 2 rings (SSSR count). The minimum atomic E-state index is 0.188. The van der Waals surface area contributed by atoms with E-state index in [1.165, 1.54) is 24.0 Å². The van der Waals surface area contributed by atoms with E-state index >= 15 is 0 Å². The third-order valence-electron chi connectivity index (χ3n) is 4.01. The highest BCUT2D eigenvalue weighted by Gasteiger charge is 2.22. The van der Waals surface area contributed by atoms with E-state index in [0.717, 1.165) is 12.8 Å². The van der Waals surface area contributed by atoms with E-state index in [4.69, 9.17) is 0 Å². The molecule has 1 saturated carbocycles. The van der Waals surface area contributed by atoms with Crippen molar-refractivity contribution in [2.45, 2.75) is 58.3 Å². The fourth-order valence-corrected chi connectivity index (χ4v) is 2.72. The van der Waals surface area contributed by atoms with Crippen LogP contribution in [0, 0.1) is 5.92 Å². The van der Waals surface area contributed by atoms with Crippen LogP contribution in [0.5, 0.6) is 0 Å². The fourth-order valence-electron chi connectivity index (χ4n) is 2.72. The van der Waals surface area contributed by atoms with Crippen molar-refractivity contribution in [3.05, 3.63) is 35.4 Å². The Bertz CT molecular complexity index is 402. The third kappa shape index (κ3) is 3.22. The van der Waals surface area contributed by atoms with Gasteiger partial charge in [-0.05, 0) is 29.4 Å². The van der Waals surface area contributed by atoms with E-state index in [-0.39, 0.29) is 5.41 Å². The largest absolute Gasteiger partial charge is 0.299 e. The molecule has 0 atom stereocenters. The van der Waals surface area contributed by atoms with Gasteiger partial charge in [0.2, 0.25) is 0 Å². The van der Waals surface area contributed by atoms with E-state index < -0.39 is 0 Å². The quantitative estimate of drug-likeness (QED) is 0.775. The van der Waals surface area contributed by atoms with Gasteiger partial charge in [-0.2, -0.15) is 0 Å². The lowest BCUT2D eigenvalue weighted by Crippen LogP contribution is -2.14. The van der Waals surface area contributed by atoms with Gasteiger partial charge >= 0.3 is 0 Å². The second kappa shape index (κ2) is 5.26. The zero-order valence-electron chi connectivity index (χ0n) is 11.8.